The predicted octanol–water partition coefficient (Wildman–Crippen LogP) is 2.61. The lowest BCUT2D eigenvalue weighted by atomic mass is 9.97. The Labute approximate surface area is 139 Å². The summed E-state index contributed by atoms with van der Waals surface area (Å²) >= 11 is 0. The van der Waals surface area contributed by atoms with Gasteiger partial charge in [0, 0.05) is 32.7 Å². The molecule has 0 bridgehead atoms. The van der Waals surface area contributed by atoms with Crippen molar-refractivity contribution in [2.45, 2.75) is 39.3 Å². The lowest BCUT2D eigenvalue weighted by molar-refractivity contribution is 0.141. The first kappa shape index (κ1) is 17.7. The van der Waals surface area contributed by atoms with E-state index in [-0.39, 0.29) is 5.82 Å². The van der Waals surface area contributed by atoms with Gasteiger partial charge in [-0.15, -0.1) is 0 Å². The van der Waals surface area contributed by atoms with Crippen molar-refractivity contribution in [1.29, 1.82) is 0 Å². The molecule has 0 aromatic heterocycles. The predicted molar refractivity (Wildman–Crippen MR) is 94.0 cm³/mol. The van der Waals surface area contributed by atoms with Gasteiger partial charge in [0.05, 0.1) is 0 Å². The van der Waals surface area contributed by atoms with Gasteiger partial charge in [-0.05, 0) is 56.8 Å². The molecule has 0 amide bonds. The second-order valence-electron chi connectivity index (χ2n) is 6.53. The number of benzene rings is 1. The molecule has 1 aromatic carbocycles. The Morgan fingerprint density at radius 3 is 2.91 bits per heavy atom. The molecule has 1 atom stereocenters. The van der Waals surface area contributed by atoms with Crippen LogP contribution >= 0.6 is 0 Å². The number of likely N-dealkylation sites (tertiary alicyclic amines) is 1. The first-order valence-corrected chi connectivity index (χ1v) is 8.51. The highest BCUT2D eigenvalue weighted by molar-refractivity contribution is 5.79. The topological polar surface area (TPSA) is 39.7 Å². The van der Waals surface area contributed by atoms with Gasteiger partial charge in [0.1, 0.15) is 5.82 Å². The largest absolute Gasteiger partial charge is 0.356 e. The average Bonchev–Trinajstić information content (AvgIpc) is 2.55. The van der Waals surface area contributed by atoms with Gasteiger partial charge in [-0.3, -0.25) is 4.99 Å². The molecule has 1 unspecified atom stereocenters. The van der Waals surface area contributed by atoms with Crippen LogP contribution in [0.1, 0.15) is 32.3 Å². The van der Waals surface area contributed by atoms with E-state index < -0.39 is 0 Å². The molecule has 0 saturated carbocycles. The first-order valence-electron chi connectivity index (χ1n) is 8.51. The van der Waals surface area contributed by atoms with E-state index in [1.807, 2.05) is 6.07 Å². The number of halogens is 1. The maximum absolute atomic E-state index is 13.2. The number of nitrogens with one attached hydrogen (secondary N) is 2. The number of guanidine groups is 1. The second kappa shape index (κ2) is 8.87. The van der Waals surface area contributed by atoms with Crippen LogP contribution in [0.5, 0.6) is 0 Å². The fraction of sp³-hybridized carbons (Fsp3) is 0.611. The first-order chi connectivity index (χ1) is 11.1. The van der Waals surface area contributed by atoms with Gasteiger partial charge in [-0.2, -0.15) is 0 Å². The van der Waals surface area contributed by atoms with Crippen LogP contribution in [0.15, 0.2) is 29.3 Å². The maximum atomic E-state index is 13.2. The Kier molecular flexibility index (Phi) is 6.84. The van der Waals surface area contributed by atoms with Gasteiger partial charge in [0.2, 0.25) is 0 Å². The number of piperidine rings is 1. The normalized spacial score (nSPS) is 19.9. The molecule has 0 spiro atoms. The number of hydrogen-bond donors (Lipinski definition) is 2. The average molecular weight is 320 g/mol. The number of hydrogen-bond acceptors (Lipinski definition) is 2. The third kappa shape index (κ3) is 5.82. The molecule has 1 aliphatic rings. The summed E-state index contributed by atoms with van der Waals surface area (Å²) in [6, 6.07) is 7.25. The monoisotopic (exact) mass is 320 g/mol. The molecule has 4 nitrogen and oxygen atoms in total. The van der Waals surface area contributed by atoms with Gasteiger partial charge in [0.25, 0.3) is 0 Å². The Morgan fingerprint density at radius 1 is 1.39 bits per heavy atom. The van der Waals surface area contributed by atoms with Gasteiger partial charge in [0.15, 0.2) is 5.96 Å². The van der Waals surface area contributed by atoms with Crippen molar-refractivity contribution in [1.82, 2.24) is 15.5 Å². The smallest absolute Gasteiger partial charge is 0.191 e. The van der Waals surface area contributed by atoms with Gasteiger partial charge < -0.3 is 15.5 Å². The summed E-state index contributed by atoms with van der Waals surface area (Å²) in [5, 5.41) is 6.65. The van der Waals surface area contributed by atoms with E-state index in [0.717, 1.165) is 24.6 Å². The fourth-order valence-corrected chi connectivity index (χ4v) is 3.03. The zero-order valence-corrected chi connectivity index (χ0v) is 14.5. The van der Waals surface area contributed by atoms with Gasteiger partial charge in [-0.25, -0.2) is 4.39 Å². The minimum absolute atomic E-state index is 0.205. The zero-order valence-electron chi connectivity index (χ0n) is 14.5. The maximum Gasteiger partial charge on any atom is 0.191 e. The van der Waals surface area contributed by atoms with E-state index >= 15 is 0 Å². The van der Waals surface area contributed by atoms with Crippen LogP contribution in [0.2, 0.25) is 0 Å². The molecule has 0 radical (unpaired) electrons. The second-order valence-corrected chi connectivity index (χ2v) is 6.53. The lowest BCUT2D eigenvalue weighted by Crippen LogP contribution is -2.45. The lowest BCUT2D eigenvalue weighted by Gasteiger charge is -2.35. The van der Waals surface area contributed by atoms with Crippen LogP contribution in [0, 0.1) is 11.7 Å². The molecular formula is C18H29FN4. The quantitative estimate of drug-likeness (QED) is 0.647. The molecular weight excluding hydrogens is 291 g/mol. The molecule has 1 aliphatic heterocycles. The molecule has 23 heavy (non-hydrogen) atoms. The molecule has 1 saturated heterocycles. The Morgan fingerprint density at radius 2 is 2.22 bits per heavy atom. The van der Waals surface area contributed by atoms with E-state index in [4.69, 9.17) is 0 Å². The molecule has 2 rings (SSSR count). The third-order valence-corrected chi connectivity index (χ3v) is 4.41. The van der Waals surface area contributed by atoms with Crippen molar-refractivity contribution >= 4 is 5.96 Å². The van der Waals surface area contributed by atoms with Crippen LogP contribution in [-0.2, 0) is 6.54 Å². The summed E-state index contributed by atoms with van der Waals surface area (Å²) in [6.45, 7) is 8.36. The Balaban J connectivity index is 1.76. The Hall–Kier alpha value is -1.62. The van der Waals surface area contributed by atoms with E-state index in [9.17, 15) is 4.39 Å². The van der Waals surface area contributed by atoms with Crippen LogP contribution < -0.4 is 10.6 Å². The third-order valence-electron chi connectivity index (χ3n) is 4.41. The van der Waals surface area contributed by atoms with Crippen LogP contribution in [0.4, 0.5) is 4.39 Å². The van der Waals surface area contributed by atoms with Crippen molar-refractivity contribution in [3.63, 3.8) is 0 Å². The summed E-state index contributed by atoms with van der Waals surface area (Å²) in [6.07, 6.45) is 2.52. The molecule has 0 aliphatic carbocycles. The van der Waals surface area contributed by atoms with Crippen molar-refractivity contribution in [3.8, 4) is 0 Å². The number of aliphatic imine (C=N–C) groups is 1. The summed E-state index contributed by atoms with van der Waals surface area (Å²) in [4.78, 5) is 6.79. The fourth-order valence-electron chi connectivity index (χ4n) is 3.03. The molecule has 1 heterocycles. The van der Waals surface area contributed by atoms with E-state index in [2.05, 4.69) is 34.4 Å². The number of nitrogens with zero attached hydrogens (tertiary/aromatic N) is 2. The minimum Gasteiger partial charge on any atom is -0.356 e. The van der Waals surface area contributed by atoms with Gasteiger partial charge >= 0.3 is 0 Å². The highest BCUT2D eigenvalue weighted by Gasteiger charge is 2.21. The van der Waals surface area contributed by atoms with Gasteiger partial charge in [-0.1, -0.05) is 12.1 Å². The molecule has 2 N–H and O–H groups in total. The van der Waals surface area contributed by atoms with Crippen molar-refractivity contribution in [3.05, 3.63) is 35.6 Å². The van der Waals surface area contributed by atoms with E-state index in [1.54, 1.807) is 19.2 Å². The number of rotatable bonds is 5. The summed E-state index contributed by atoms with van der Waals surface area (Å²) in [7, 11) is 1.77. The molecule has 128 valence electrons. The SMILES string of the molecule is CN=C(NCc1cccc(F)c1)NCC1CCCN(C(C)C)C1. The van der Waals surface area contributed by atoms with E-state index in [1.165, 1.54) is 25.5 Å². The molecule has 5 heteroatoms. The summed E-state index contributed by atoms with van der Waals surface area (Å²) < 4.78 is 13.2. The van der Waals surface area contributed by atoms with Crippen molar-refractivity contribution in [2.75, 3.05) is 26.7 Å². The zero-order chi connectivity index (χ0) is 16.7. The van der Waals surface area contributed by atoms with Crippen LogP contribution in [0.25, 0.3) is 0 Å². The summed E-state index contributed by atoms with van der Waals surface area (Å²) in [5.74, 6) is 1.22. The highest BCUT2D eigenvalue weighted by Crippen LogP contribution is 2.17. The summed E-state index contributed by atoms with van der Waals surface area (Å²) in [5.41, 5.74) is 0.914. The van der Waals surface area contributed by atoms with Crippen molar-refractivity contribution < 1.29 is 4.39 Å². The minimum atomic E-state index is -0.205. The standard InChI is InChI=1S/C18H29FN4/c1-14(2)23-9-5-7-16(13-23)12-22-18(20-3)21-11-15-6-4-8-17(19)10-15/h4,6,8,10,14,16H,5,7,9,11-13H2,1-3H3,(H2,20,21,22). The van der Waals surface area contributed by atoms with Crippen LogP contribution in [0.3, 0.4) is 0 Å². The molecule has 1 aromatic rings. The van der Waals surface area contributed by atoms with Crippen molar-refractivity contribution in [2.24, 2.45) is 10.9 Å². The van der Waals surface area contributed by atoms with E-state index in [0.29, 0.717) is 18.5 Å². The Bertz CT molecular complexity index is 515. The molecule has 1 fully saturated rings. The highest BCUT2D eigenvalue weighted by atomic mass is 19.1. The van der Waals surface area contributed by atoms with Crippen LogP contribution in [-0.4, -0.2) is 43.6 Å².